The van der Waals surface area contributed by atoms with Crippen LogP contribution in [0.5, 0.6) is 0 Å². The number of carbonyl (C=O) groups is 1. The van der Waals surface area contributed by atoms with E-state index in [9.17, 15) is 4.79 Å². The second-order valence-electron chi connectivity index (χ2n) is 2.35. The summed E-state index contributed by atoms with van der Waals surface area (Å²) in [6.07, 6.45) is 0.382. The zero-order valence-corrected chi connectivity index (χ0v) is 5.85. The molecule has 1 unspecified atom stereocenters. The van der Waals surface area contributed by atoms with Crippen molar-refractivity contribution in [2.45, 2.75) is 25.8 Å². The van der Waals surface area contributed by atoms with Gasteiger partial charge in [0.1, 0.15) is 0 Å². The Labute approximate surface area is 54.9 Å². The molecule has 9 heavy (non-hydrogen) atoms. The monoisotopic (exact) mass is 131 g/mol. The van der Waals surface area contributed by atoms with Crippen LogP contribution in [0, 0.1) is 0 Å². The van der Waals surface area contributed by atoms with Crippen molar-refractivity contribution in [1.82, 2.24) is 0 Å². The van der Waals surface area contributed by atoms with Gasteiger partial charge < -0.3 is 10.8 Å². The van der Waals surface area contributed by atoms with Gasteiger partial charge in [-0.2, -0.15) is 0 Å². The molecule has 0 spiro atoms. The topological polar surface area (TPSA) is 63.3 Å². The molecule has 1 atom stereocenters. The first-order valence-corrected chi connectivity index (χ1v) is 2.97. The van der Waals surface area contributed by atoms with E-state index in [1.807, 2.05) is 0 Å². The van der Waals surface area contributed by atoms with Crippen molar-refractivity contribution in [1.29, 1.82) is 0 Å². The maximum absolute atomic E-state index is 10.8. The highest BCUT2D eigenvalue weighted by atomic mass is 16.3. The summed E-state index contributed by atoms with van der Waals surface area (Å²) >= 11 is 0. The largest absolute Gasteiger partial charge is 0.394 e. The SMILES string of the molecule is CCC(=O)C(C)(N)CO. The Hall–Kier alpha value is -0.410. The van der Waals surface area contributed by atoms with E-state index in [1.165, 1.54) is 6.92 Å². The zero-order valence-electron chi connectivity index (χ0n) is 5.85. The molecule has 0 aromatic heterocycles. The Kier molecular flexibility index (Phi) is 2.81. The summed E-state index contributed by atoms with van der Waals surface area (Å²) in [7, 11) is 0. The molecule has 0 heterocycles. The van der Waals surface area contributed by atoms with Gasteiger partial charge in [-0.05, 0) is 6.92 Å². The molecule has 0 aromatic rings. The van der Waals surface area contributed by atoms with Gasteiger partial charge >= 0.3 is 0 Å². The highest BCUT2D eigenvalue weighted by molar-refractivity contribution is 5.87. The number of nitrogens with two attached hydrogens (primary N) is 1. The van der Waals surface area contributed by atoms with Crippen LogP contribution < -0.4 is 5.73 Å². The Morgan fingerprint density at radius 3 is 2.33 bits per heavy atom. The van der Waals surface area contributed by atoms with Crippen LogP contribution in [-0.4, -0.2) is 23.0 Å². The molecule has 0 amide bonds. The molecule has 3 nitrogen and oxygen atoms in total. The predicted molar refractivity (Wildman–Crippen MR) is 35.0 cm³/mol. The summed E-state index contributed by atoms with van der Waals surface area (Å²) in [5.41, 5.74) is 4.34. The fourth-order valence-electron chi connectivity index (χ4n) is 0.492. The highest BCUT2D eigenvalue weighted by Gasteiger charge is 2.24. The quantitative estimate of drug-likeness (QED) is 0.551. The van der Waals surface area contributed by atoms with E-state index < -0.39 is 5.54 Å². The van der Waals surface area contributed by atoms with Gasteiger partial charge in [0.2, 0.25) is 0 Å². The molecule has 0 aliphatic rings. The fourth-order valence-corrected chi connectivity index (χ4v) is 0.492. The van der Waals surface area contributed by atoms with Gasteiger partial charge in [0.25, 0.3) is 0 Å². The minimum atomic E-state index is -1.03. The van der Waals surface area contributed by atoms with E-state index in [0.29, 0.717) is 6.42 Å². The summed E-state index contributed by atoms with van der Waals surface area (Å²) in [6.45, 7) is 2.97. The van der Waals surface area contributed by atoms with Gasteiger partial charge in [-0.15, -0.1) is 0 Å². The van der Waals surface area contributed by atoms with Crippen molar-refractivity contribution in [3.8, 4) is 0 Å². The van der Waals surface area contributed by atoms with Gasteiger partial charge in [-0.3, -0.25) is 4.79 Å². The van der Waals surface area contributed by atoms with E-state index in [-0.39, 0.29) is 12.4 Å². The number of aliphatic hydroxyl groups excluding tert-OH is 1. The third-order valence-electron chi connectivity index (χ3n) is 1.29. The van der Waals surface area contributed by atoms with E-state index in [4.69, 9.17) is 10.8 Å². The fraction of sp³-hybridized carbons (Fsp3) is 0.833. The Balaban J connectivity index is 3.97. The normalized spacial score (nSPS) is 16.9. The van der Waals surface area contributed by atoms with Crippen LogP contribution in [0.15, 0.2) is 0 Å². The highest BCUT2D eigenvalue weighted by Crippen LogP contribution is 2.01. The second kappa shape index (κ2) is 2.94. The molecule has 3 heteroatoms. The molecule has 0 saturated carbocycles. The van der Waals surface area contributed by atoms with Gasteiger partial charge in [0, 0.05) is 6.42 Å². The minimum Gasteiger partial charge on any atom is -0.394 e. The molecule has 0 fully saturated rings. The number of rotatable bonds is 3. The maximum Gasteiger partial charge on any atom is 0.154 e. The molecule has 0 radical (unpaired) electrons. The van der Waals surface area contributed by atoms with Gasteiger partial charge in [0.15, 0.2) is 5.78 Å². The van der Waals surface area contributed by atoms with Gasteiger partial charge in [0.05, 0.1) is 12.1 Å². The van der Waals surface area contributed by atoms with Crippen molar-refractivity contribution in [3.05, 3.63) is 0 Å². The molecule has 0 rings (SSSR count). The van der Waals surface area contributed by atoms with Crippen molar-refractivity contribution in [3.63, 3.8) is 0 Å². The first-order chi connectivity index (χ1) is 4.04. The number of ketones is 1. The third kappa shape index (κ3) is 2.11. The lowest BCUT2D eigenvalue weighted by atomic mass is 9.97. The lowest BCUT2D eigenvalue weighted by Gasteiger charge is -2.18. The summed E-state index contributed by atoms with van der Waals surface area (Å²) < 4.78 is 0. The maximum atomic E-state index is 10.8. The van der Waals surface area contributed by atoms with E-state index in [1.54, 1.807) is 6.92 Å². The number of aliphatic hydroxyl groups is 1. The lowest BCUT2D eigenvalue weighted by molar-refractivity contribution is -0.124. The van der Waals surface area contributed by atoms with Gasteiger partial charge in [-0.25, -0.2) is 0 Å². The standard InChI is InChI=1S/C6H13NO2/c1-3-5(9)6(2,7)4-8/h8H,3-4,7H2,1-2H3. The van der Waals surface area contributed by atoms with E-state index >= 15 is 0 Å². The Bertz CT molecular complexity index is 110. The number of carbonyl (C=O) groups excluding carboxylic acids is 1. The van der Waals surface area contributed by atoms with Crippen molar-refractivity contribution < 1.29 is 9.90 Å². The van der Waals surface area contributed by atoms with Crippen molar-refractivity contribution in [2.75, 3.05) is 6.61 Å². The van der Waals surface area contributed by atoms with Crippen molar-refractivity contribution >= 4 is 5.78 Å². The third-order valence-corrected chi connectivity index (χ3v) is 1.29. The van der Waals surface area contributed by atoms with Crippen LogP contribution in [0.4, 0.5) is 0 Å². The zero-order chi connectivity index (χ0) is 7.49. The van der Waals surface area contributed by atoms with Crippen LogP contribution in [-0.2, 0) is 4.79 Å². The first-order valence-electron chi connectivity index (χ1n) is 2.97. The van der Waals surface area contributed by atoms with E-state index in [0.717, 1.165) is 0 Å². The average molecular weight is 131 g/mol. The van der Waals surface area contributed by atoms with Crippen molar-refractivity contribution in [2.24, 2.45) is 5.73 Å². The van der Waals surface area contributed by atoms with Crippen LogP contribution in [0.3, 0.4) is 0 Å². The molecular formula is C6H13NO2. The number of hydrogen-bond donors (Lipinski definition) is 2. The number of hydrogen-bond acceptors (Lipinski definition) is 3. The summed E-state index contributed by atoms with van der Waals surface area (Å²) in [4.78, 5) is 10.8. The molecule has 0 aromatic carbocycles. The summed E-state index contributed by atoms with van der Waals surface area (Å²) in [6, 6.07) is 0. The molecule has 3 N–H and O–H groups in total. The molecule has 0 aliphatic carbocycles. The molecule has 54 valence electrons. The molecular weight excluding hydrogens is 118 g/mol. The molecule has 0 aliphatic heterocycles. The predicted octanol–water partition coefficient (Wildman–Crippen LogP) is -0.325. The minimum absolute atomic E-state index is 0.106. The van der Waals surface area contributed by atoms with Crippen LogP contribution in [0.2, 0.25) is 0 Å². The van der Waals surface area contributed by atoms with Crippen LogP contribution in [0.25, 0.3) is 0 Å². The average Bonchev–Trinajstić information content (AvgIpc) is 1.86. The number of Topliss-reactive ketones (excluding diaryl/α,β-unsaturated/α-hetero) is 1. The first kappa shape index (κ1) is 8.59. The summed E-state index contributed by atoms with van der Waals surface area (Å²) in [5, 5.41) is 8.55. The molecule has 0 bridgehead atoms. The van der Waals surface area contributed by atoms with Gasteiger partial charge in [-0.1, -0.05) is 6.92 Å². The Morgan fingerprint density at radius 1 is 1.78 bits per heavy atom. The van der Waals surface area contributed by atoms with E-state index in [2.05, 4.69) is 0 Å². The molecule has 0 saturated heterocycles. The second-order valence-corrected chi connectivity index (χ2v) is 2.35. The van der Waals surface area contributed by atoms with Crippen LogP contribution in [0.1, 0.15) is 20.3 Å². The Morgan fingerprint density at radius 2 is 2.22 bits per heavy atom. The lowest BCUT2D eigenvalue weighted by Crippen LogP contribution is -2.47. The summed E-state index contributed by atoms with van der Waals surface area (Å²) in [5.74, 6) is -0.106. The van der Waals surface area contributed by atoms with Crippen LogP contribution >= 0.6 is 0 Å². The smallest absolute Gasteiger partial charge is 0.154 e.